The molecule has 1 saturated carbocycles. The smallest absolute Gasteiger partial charge is 0.230 e. The summed E-state index contributed by atoms with van der Waals surface area (Å²) in [6.07, 6.45) is 2.32. The molecule has 0 aliphatic heterocycles. The summed E-state index contributed by atoms with van der Waals surface area (Å²) in [4.78, 5) is 7.67. The highest BCUT2D eigenvalue weighted by molar-refractivity contribution is 7.16. The number of hydrogen-bond acceptors (Lipinski definition) is 5. The second kappa shape index (κ2) is 3.64. The molecular weight excluding hydrogens is 210 g/mol. The molecule has 1 aromatic heterocycles. The van der Waals surface area contributed by atoms with Crippen LogP contribution in [0.4, 0.5) is 5.13 Å². The van der Waals surface area contributed by atoms with E-state index in [1.54, 1.807) is 18.4 Å². The Labute approximate surface area is 94.1 Å². The topological polar surface area (TPSA) is 51.4 Å². The molecule has 2 rings (SSSR count). The molecule has 0 aromatic carbocycles. The van der Waals surface area contributed by atoms with E-state index in [0.717, 1.165) is 23.9 Å². The maximum Gasteiger partial charge on any atom is 0.230 e. The highest BCUT2D eigenvalue weighted by Gasteiger charge is 2.47. The lowest BCUT2D eigenvalue weighted by molar-refractivity contribution is 0.392. The number of thiazole rings is 1. The Bertz CT molecular complexity index is 358. The maximum atomic E-state index is 5.82. The SMILES string of the molecule is COc1nc(N(C)C)sc1C1(CN)CC1. The third-order valence-corrected chi connectivity index (χ3v) is 4.34. The highest BCUT2D eigenvalue weighted by atomic mass is 32.1. The Morgan fingerprint density at radius 3 is 2.60 bits per heavy atom. The maximum absolute atomic E-state index is 5.82. The van der Waals surface area contributed by atoms with Crippen LogP contribution in [0.1, 0.15) is 17.7 Å². The number of anilines is 1. The zero-order valence-corrected chi connectivity index (χ0v) is 10.2. The van der Waals surface area contributed by atoms with E-state index in [4.69, 9.17) is 10.5 Å². The van der Waals surface area contributed by atoms with E-state index in [2.05, 4.69) is 4.98 Å². The summed E-state index contributed by atoms with van der Waals surface area (Å²) in [5.74, 6) is 0.756. The monoisotopic (exact) mass is 227 g/mol. The van der Waals surface area contributed by atoms with Gasteiger partial charge in [0.1, 0.15) is 0 Å². The van der Waals surface area contributed by atoms with Gasteiger partial charge in [-0.3, -0.25) is 0 Å². The molecule has 1 heterocycles. The van der Waals surface area contributed by atoms with Crippen LogP contribution in [0, 0.1) is 0 Å². The lowest BCUT2D eigenvalue weighted by atomic mass is 10.1. The van der Waals surface area contributed by atoms with Gasteiger partial charge in [-0.1, -0.05) is 11.3 Å². The lowest BCUT2D eigenvalue weighted by Crippen LogP contribution is -2.19. The largest absolute Gasteiger partial charge is 0.480 e. The lowest BCUT2D eigenvalue weighted by Gasteiger charge is -2.10. The highest BCUT2D eigenvalue weighted by Crippen LogP contribution is 2.53. The summed E-state index contributed by atoms with van der Waals surface area (Å²) in [6, 6.07) is 0. The molecule has 1 aromatic rings. The first kappa shape index (κ1) is 10.7. The number of aromatic nitrogens is 1. The van der Waals surface area contributed by atoms with Crippen LogP contribution < -0.4 is 15.4 Å². The molecule has 4 nitrogen and oxygen atoms in total. The number of nitrogens with two attached hydrogens (primary N) is 1. The number of nitrogens with zero attached hydrogens (tertiary/aromatic N) is 2. The van der Waals surface area contributed by atoms with Crippen LogP contribution in [0.15, 0.2) is 0 Å². The summed E-state index contributed by atoms with van der Waals surface area (Å²) in [6.45, 7) is 0.693. The number of hydrogen-bond donors (Lipinski definition) is 1. The molecule has 1 fully saturated rings. The first-order valence-corrected chi connectivity index (χ1v) is 5.87. The zero-order valence-electron chi connectivity index (χ0n) is 9.41. The van der Waals surface area contributed by atoms with Crippen molar-refractivity contribution < 1.29 is 4.74 Å². The molecule has 5 heteroatoms. The zero-order chi connectivity index (χ0) is 11.1. The van der Waals surface area contributed by atoms with Gasteiger partial charge in [-0.25, -0.2) is 0 Å². The fourth-order valence-corrected chi connectivity index (χ4v) is 2.85. The van der Waals surface area contributed by atoms with Crippen molar-refractivity contribution in [3.8, 4) is 5.88 Å². The molecule has 0 unspecified atom stereocenters. The third kappa shape index (κ3) is 1.70. The summed E-state index contributed by atoms with van der Waals surface area (Å²) in [7, 11) is 5.65. The van der Waals surface area contributed by atoms with E-state index < -0.39 is 0 Å². The van der Waals surface area contributed by atoms with Crippen LogP contribution >= 0.6 is 11.3 Å². The molecule has 15 heavy (non-hydrogen) atoms. The molecule has 84 valence electrons. The number of methoxy groups -OCH3 is 1. The second-order valence-corrected chi connectivity index (χ2v) is 5.19. The van der Waals surface area contributed by atoms with Gasteiger partial charge in [-0.05, 0) is 12.8 Å². The summed E-state index contributed by atoms with van der Waals surface area (Å²) < 4.78 is 5.32. The molecule has 1 aliphatic carbocycles. The Kier molecular flexibility index (Phi) is 2.60. The molecule has 2 N–H and O–H groups in total. The quantitative estimate of drug-likeness (QED) is 0.840. The molecule has 0 radical (unpaired) electrons. The van der Waals surface area contributed by atoms with Crippen LogP contribution in [-0.2, 0) is 5.41 Å². The minimum Gasteiger partial charge on any atom is -0.480 e. The molecule has 0 bridgehead atoms. The van der Waals surface area contributed by atoms with Crippen LogP contribution in [0.5, 0.6) is 5.88 Å². The van der Waals surface area contributed by atoms with E-state index in [9.17, 15) is 0 Å². The van der Waals surface area contributed by atoms with Gasteiger partial charge in [0.15, 0.2) is 5.13 Å². The third-order valence-electron chi connectivity index (χ3n) is 2.89. The molecule has 0 spiro atoms. The first-order chi connectivity index (χ1) is 7.13. The van der Waals surface area contributed by atoms with Gasteiger partial charge in [0.2, 0.25) is 5.88 Å². The Balaban J connectivity index is 2.37. The van der Waals surface area contributed by atoms with Crippen LogP contribution in [-0.4, -0.2) is 32.7 Å². The molecular formula is C10H17N3OS. The van der Waals surface area contributed by atoms with Gasteiger partial charge in [0.05, 0.1) is 12.0 Å². The molecule has 0 atom stereocenters. The summed E-state index contributed by atoms with van der Waals surface area (Å²) in [5.41, 5.74) is 5.98. The fourth-order valence-electron chi connectivity index (χ4n) is 1.63. The number of ether oxygens (including phenoxy) is 1. The van der Waals surface area contributed by atoms with Crippen LogP contribution in [0.25, 0.3) is 0 Å². The average Bonchev–Trinajstić information content (AvgIpc) is 2.90. The van der Waals surface area contributed by atoms with Crippen molar-refractivity contribution in [3.05, 3.63) is 4.88 Å². The normalized spacial score (nSPS) is 17.6. The molecule has 1 aliphatic rings. The van der Waals surface area contributed by atoms with Gasteiger partial charge in [0.25, 0.3) is 0 Å². The van der Waals surface area contributed by atoms with Crippen molar-refractivity contribution >= 4 is 16.5 Å². The fraction of sp³-hybridized carbons (Fsp3) is 0.700. The van der Waals surface area contributed by atoms with E-state index >= 15 is 0 Å². The Hall–Kier alpha value is -0.810. The van der Waals surface area contributed by atoms with Crippen LogP contribution in [0.3, 0.4) is 0 Å². The molecule has 0 saturated heterocycles. The summed E-state index contributed by atoms with van der Waals surface area (Å²) in [5, 5.41) is 0.988. The van der Waals surface area contributed by atoms with Gasteiger partial charge in [-0.2, -0.15) is 4.98 Å². The number of rotatable bonds is 4. The summed E-state index contributed by atoms with van der Waals surface area (Å²) >= 11 is 1.70. The van der Waals surface area contributed by atoms with Crippen molar-refractivity contribution in [2.24, 2.45) is 5.73 Å². The van der Waals surface area contributed by atoms with E-state index in [-0.39, 0.29) is 5.41 Å². The van der Waals surface area contributed by atoms with E-state index in [1.165, 1.54) is 4.88 Å². The van der Waals surface area contributed by atoms with E-state index in [1.807, 2.05) is 19.0 Å². The van der Waals surface area contributed by atoms with Crippen molar-refractivity contribution in [3.63, 3.8) is 0 Å². The van der Waals surface area contributed by atoms with Gasteiger partial charge in [-0.15, -0.1) is 0 Å². The first-order valence-electron chi connectivity index (χ1n) is 5.05. The van der Waals surface area contributed by atoms with Crippen molar-refractivity contribution in [1.29, 1.82) is 0 Å². The van der Waals surface area contributed by atoms with Gasteiger partial charge in [0, 0.05) is 26.1 Å². The predicted octanol–water partition coefficient (Wildman–Crippen LogP) is 1.21. The van der Waals surface area contributed by atoms with Gasteiger partial charge >= 0.3 is 0 Å². The minimum absolute atomic E-state index is 0.164. The standard InChI is InChI=1S/C10H17N3OS/c1-13(2)9-12-8(14-3)7(15-9)10(6-11)4-5-10/h4-6,11H2,1-3H3. The van der Waals surface area contributed by atoms with Gasteiger partial charge < -0.3 is 15.4 Å². The predicted molar refractivity (Wildman–Crippen MR) is 63.0 cm³/mol. The average molecular weight is 227 g/mol. The second-order valence-electron chi connectivity index (χ2n) is 4.21. The Morgan fingerprint density at radius 2 is 2.20 bits per heavy atom. The minimum atomic E-state index is 0.164. The molecule has 0 amide bonds. The van der Waals surface area contributed by atoms with Crippen molar-refractivity contribution in [2.45, 2.75) is 18.3 Å². The van der Waals surface area contributed by atoms with E-state index in [0.29, 0.717) is 6.54 Å². The van der Waals surface area contributed by atoms with Crippen molar-refractivity contribution in [1.82, 2.24) is 4.98 Å². The Morgan fingerprint density at radius 1 is 1.53 bits per heavy atom. The van der Waals surface area contributed by atoms with Crippen LogP contribution in [0.2, 0.25) is 0 Å². The van der Waals surface area contributed by atoms with Crippen molar-refractivity contribution in [2.75, 3.05) is 32.6 Å².